The maximum Gasteiger partial charge on any atom is 0.210 e. The highest BCUT2D eigenvalue weighted by atomic mass is 14.9. The van der Waals surface area contributed by atoms with Gasteiger partial charge in [0.25, 0.3) is 0 Å². The molecule has 0 fully saturated rings. The Hall–Kier alpha value is -1.30. The first-order chi connectivity index (χ1) is 5.22. The third-order valence-electron chi connectivity index (χ3n) is 1.36. The zero-order valence-electron chi connectivity index (χ0n) is 6.76. The minimum atomic E-state index is 0.403. The Balaban J connectivity index is 2.67. The quantitative estimate of drug-likeness (QED) is 0.692. The Morgan fingerprint density at radius 1 is 1.73 bits per heavy atom. The van der Waals surface area contributed by atoms with E-state index in [1.54, 1.807) is 6.20 Å². The van der Waals surface area contributed by atoms with Gasteiger partial charge in [-0.2, -0.15) is 5.26 Å². The van der Waals surface area contributed by atoms with Gasteiger partial charge in [0.05, 0.1) is 0 Å². The van der Waals surface area contributed by atoms with Gasteiger partial charge in [-0.15, -0.1) is 0 Å². The molecule has 0 unspecified atom stereocenters. The van der Waals surface area contributed by atoms with Gasteiger partial charge in [-0.1, -0.05) is 13.8 Å². The number of H-pyrrole nitrogens is 1. The van der Waals surface area contributed by atoms with Crippen molar-refractivity contribution in [2.24, 2.45) is 5.92 Å². The SMILES string of the molecule is CC(C)Cc1cnc(C#N)[nH]1. The zero-order chi connectivity index (χ0) is 8.27. The molecule has 0 radical (unpaired) electrons. The third-order valence-corrected chi connectivity index (χ3v) is 1.36. The van der Waals surface area contributed by atoms with Crippen molar-refractivity contribution in [3.8, 4) is 6.07 Å². The summed E-state index contributed by atoms with van der Waals surface area (Å²) in [5, 5.41) is 8.44. The van der Waals surface area contributed by atoms with E-state index < -0.39 is 0 Å². The van der Waals surface area contributed by atoms with E-state index >= 15 is 0 Å². The van der Waals surface area contributed by atoms with Gasteiger partial charge in [-0.3, -0.25) is 0 Å². The number of hydrogen-bond acceptors (Lipinski definition) is 2. The van der Waals surface area contributed by atoms with Gasteiger partial charge >= 0.3 is 0 Å². The van der Waals surface area contributed by atoms with Crippen molar-refractivity contribution < 1.29 is 0 Å². The molecule has 1 aromatic heterocycles. The molecular weight excluding hydrogens is 138 g/mol. The predicted molar refractivity (Wildman–Crippen MR) is 41.8 cm³/mol. The van der Waals surface area contributed by atoms with E-state index in [0.717, 1.165) is 12.1 Å². The molecule has 1 heterocycles. The summed E-state index contributed by atoms with van der Waals surface area (Å²) in [6, 6.07) is 1.95. The standard InChI is InChI=1S/C8H11N3/c1-6(2)3-7-5-10-8(4-9)11-7/h5-6H,3H2,1-2H3,(H,10,11). The molecule has 0 aliphatic rings. The Morgan fingerprint density at radius 2 is 2.45 bits per heavy atom. The highest BCUT2D eigenvalue weighted by molar-refractivity contribution is 5.13. The highest BCUT2D eigenvalue weighted by Gasteiger charge is 2.00. The molecule has 0 bridgehead atoms. The van der Waals surface area contributed by atoms with Crippen molar-refractivity contribution in [3.63, 3.8) is 0 Å². The second-order valence-corrected chi connectivity index (χ2v) is 2.97. The number of hydrogen-bond donors (Lipinski definition) is 1. The smallest absolute Gasteiger partial charge is 0.210 e. The monoisotopic (exact) mass is 149 g/mol. The van der Waals surface area contributed by atoms with Crippen LogP contribution < -0.4 is 0 Å². The van der Waals surface area contributed by atoms with Gasteiger partial charge in [0.2, 0.25) is 5.82 Å². The maximum atomic E-state index is 8.44. The average molecular weight is 149 g/mol. The minimum absolute atomic E-state index is 0.403. The van der Waals surface area contributed by atoms with Crippen molar-refractivity contribution in [1.29, 1.82) is 5.26 Å². The molecule has 0 atom stereocenters. The van der Waals surface area contributed by atoms with Gasteiger partial charge in [-0.05, 0) is 12.3 Å². The van der Waals surface area contributed by atoms with Crippen LogP contribution in [0.15, 0.2) is 6.20 Å². The molecule has 3 heteroatoms. The molecule has 11 heavy (non-hydrogen) atoms. The molecule has 3 nitrogen and oxygen atoms in total. The largest absolute Gasteiger partial charge is 0.333 e. The minimum Gasteiger partial charge on any atom is -0.333 e. The van der Waals surface area contributed by atoms with E-state index in [2.05, 4.69) is 23.8 Å². The summed E-state index contributed by atoms with van der Waals surface area (Å²) >= 11 is 0. The van der Waals surface area contributed by atoms with Crippen LogP contribution in [0.3, 0.4) is 0 Å². The number of aromatic amines is 1. The zero-order valence-corrected chi connectivity index (χ0v) is 6.76. The van der Waals surface area contributed by atoms with Crippen LogP contribution in [-0.2, 0) is 6.42 Å². The molecule has 58 valence electrons. The summed E-state index contributed by atoms with van der Waals surface area (Å²) in [4.78, 5) is 6.79. The molecular formula is C8H11N3. The Morgan fingerprint density at radius 3 is 2.91 bits per heavy atom. The molecule has 1 aromatic rings. The normalized spacial score (nSPS) is 10.0. The molecule has 0 saturated carbocycles. The van der Waals surface area contributed by atoms with Crippen molar-refractivity contribution in [1.82, 2.24) is 9.97 Å². The second-order valence-electron chi connectivity index (χ2n) is 2.97. The molecule has 0 saturated heterocycles. The van der Waals surface area contributed by atoms with Crippen molar-refractivity contribution in [2.45, 2.75) is 20.3 Å². The lowest BCUT2D eigenvalue weighted by Crippen LogP contribution is -1.93. The number of rotatable bonds is 2. The van der Waals surface area contributed by atoms with Crippen LogP contribution in [0.1, 0.15) is 25.4 Å². The molecule has 0 aliphatic heterocycles. The molecule has 1 rings (SSSR count). The fraction of sp³-hybridized carbons (Fsp3) is 0.500. The fourth-order valence-electron chi connectivity index (χ4n) is 0.959. The summed E-state index contributed by atoms with van der Waals surface area (Å²) in [7, 11) is 0. The summed E-state index contributed by atoms with van der Waals surface area (Å²) in [6.45, 7) is 4.26. The molecule has 1 N–H and O–H groups in total. The topological polar surface area (TPSA) is 52.5 Å². The summed E-state index contributed by atoms with van der Waals surface area (Å²) in [5.41, 5.74) is 1.04. The van der Waals surface area contributed by atoms with Crippen molar-refractivity contribution in [3.05, 3.63) is 17.7 Å². The van der Waals surface area contributed by atoms with E-state index in [4.69, 9.17) is 5.26 Å². The number of nitriles is 1. The van der Waals surface area contributed by atoms with Crippen LogP contribution in [0.5, 0.6) is 0 Å². The highest BCUT2D eigenvalue weighted by Crippen LogP contribution is 2.04. The number of aromatic nitrogens is 2. The van der Waals surface area contributed by atoms with E-state index in [-0.39, 0.29) is 0 Å². The Labute approximate surface area is 66.1 Å². The predicted octanol–water partition coefficient (Wildman–Crippen LogP) is 1.48. The molecule has 0 aliphatic carbocycles. The molecule has 0 aromatic carbocycles. The second kappa shape index (κ2) is 3.20. The molecule has 0 amide bonds. The molecule has 0 spiro atoms. The van der Waals surface area contributed by atoms with E-state index in [1.807, 2.05) is 6.07 Å². The van der Waals surface area contributed by atoms with Gasteiger partial charge in [-0.25, -0.2) is 4.98 Å². The van der Waals surface area contributed by atoms with Gasteiger partial charge < -0.3 is 4.98 Å². The van der Waals surface area contributed by atoms with Crippen LogP contribution in [0, 0.1) is 17.2 Å². The van der Waals surface area contributed by atoms with Crippen LogP contribution >= 0.6 is 0 Å². The fourth-order valence-corrected chi connectivity index (χ4v) is 0.959. The lowest BCUT2D eigenvalue weighted by molar-refractivity contribution is 0.637. The Bertz CT molecular complexity index is 267. The summed E-state index contributed by atoms with van der Waals surface area (Å²) in [6.07, 6.45) is 2.67. The van der Waals surface area contributed by atoms with E-state index in [1.165, 1.54) is 0 Å². The third kappa shape index (κ3) is 2.08. The van der Waals surface area contributed by atoms with Crippen molar-refractivity contribution in [2.75, 3.05) is 0 Å². The lowest BCUT2D eigenvalue weighted by atomic mass is 10.1. The first-order valence-electron chi connectivity index (χ1n) is 3.66. The van der Waals surface area contributed by atoms with E-state index in [9.17, 15) is 0 Å². The van der Waals surface area contributed by atoms with Crippen molar-refractivity contribution >= 4 is 0 Å². The van der Waals surface area contributed by atoms with Crippen LogP contribution in [0.25, 0.3) is 0 Å². The summed E-state index contributed by atoms with van der Waals surface area (Å²) < 4.78 is 0. The first kappa shape index (κ1) is 7.80. The summed E-state index contributed by atoms with van der Waals surface area (Å²) in [5.74, 6) is 1.00. The van der Waals surface area contributed by atoms with Gasteiger partial charge in [0, 0.05) is 11.9 Å². The number of imidazole rings is 1. The lowest BCUT2D eigenvalue weighted by Gasteiger charge is -1.98. The van der Waals surface area contributed by atoms with Gasteiger partial charge in [0.1, 0.15) is 6.07 Å². The number of nitrogens with one attached hydrogen (secondary N) is 1. The van der Waals surface area contributed by atoms with Crippen LogP contribution in [0.4, 0.5) is 0 Å². The number of nitrogens with zero attached hydrogens (tertiary/aromatic N) is 2. The maximum absolute atomic E-state index is 8.44. The first-order valence-corrected chi connectivity index (χ1v) is 3.66. The van der Waals surface area contributed by atoms with Crippen LogP contribution in [-0.4, -0.2) is 9.97 Å². The Kier molecular flexibility index (Phi) is 2.27. The van der Waals surface area contributed by atoms with Crippen LogP contribution in [0.2, 0.25) is 0 Å². The van der Waals surface area contributed by atoms with Gasteiger partial charge in [0.15, 0.2) is 0 Å². The average Bonchev–Trinajstić information content (AvgIpc) is 2.34. The van der Waals surface area contributed by atoms with E-state index in [0.29, 0.717) is 11.7 Å².